The number of carbonyl (C=O) groups is 2. The van der Waals surface area contributed by atoms with Gasteiger partial charge in [0.15, 0.2) is 0 Å². The van der Waals surface area contributed by atoms with E-state index in [0.29, 0.717) is 30.4 Å². The summed E-state index contributed by atoms with van der Waals surface area (Å²) >= 11 is 0. The molecule has 1 amide bonds. The molecule has 192 valence electrons. The topological polar surface area (TPSA) is 84.7 Å². The van der Waals surface area contributed by atoms with Gasteiger partial charge >= 0.3 is 12.1 Å². The lowest BCUT2D eigenvalue weighted by Gasteiger charge is -2.29. The minimum Gasteiger partial charge on any atom is -0.481 e. The number of hydrogen-bond donors (Lipinski definition) is 1. The Kier molecular flexibility index (Phi) is 6.78. The van der Waals surface area contributed by atoms with Gasteiger partial charge in [-0.15, -0.1) is 0 Å². The first-order chi connectivity index (χ1) is 16.9. The lowest BCUT2D eigenvalue weighted by Crippen LogP contribution is -2.40. The molecular weight excluding hydrogens is 482 g/mol. The first-order valence-electron chi connectivity index (χ1n) is 11.3. The molecule has 0 spiro atoms. The highest BCUT2D eigenvalue weighted by molar-refractivity contribution is 5.84. The normalized spacial score (nSPS) is 14.2. The first-order valence-corrected chi connectivity index (χ1v) is 11.3. The van der Waals surface area contributed by atoms with Crippen molar-refractivity contribution in [2.75, 3.05) is 19.8 Å². The van der Waals surface area contributed by atoms with Gasteiger partial charge in [0, 0.05) is 29.4 Å². The van der Waals surface area contributed by atoms with Gasteiger partial charge in [-0.3, -0.25) is 9.59 Å². The zero-order valence-corrected chi connectivity index (χ0v) is 19.7. The first kappa shape index (κ1) is 25.6. The zero-order valence-electron chi connectivity index (χ0n) is 19.7. The number of ether oxygens (including phenoxy) is 1. The second-order valence-electron chi connectivity index (χ2n) is 9.44. The van der Waals surface area contributed by atoms with Crippen molar-refractivity contribution in [3.63, 3.8) is 0 Å². The Morgan fingerprint density at radius 2 is 1.94 bits per heavy atom. The van der Waals surface area contributed by atoms with Crippen molar-refractivity contribution in [2.45, 2.75) is 39.5 Å². The van der Waals surface area contributed by atoms with Crippen molar-refractivity contribution >= 4 is 22.9 Å². The predicted molar refractivity (Wildman–Crippen MR) is 122 cm³/mol. The van der Waals surface area contributed by atoms with Gasteiger partial charge in [-0.1, -0.05) is 6.07 Å². The number of carbonyl (C=O) groups excluding carboxylic acids is 1. The van der Waals surface area contributed by atoms with Gasteiger partial charge in [-0.05, 0) is 50.1 Å². The summed E-state index contributed by atoms with van der Waals surface area (Å²) in [5.41, 5.74) is 0.0747. The van der Waals surface area contributed by atoms with Crippen molar-refractivity contribution in [1.29, 1.82) is 0 Å². The molecule has 2 aromatic heterocycles. The van der Waals surface area contributed by atoms with Crippen molar-refractivity contribution in [3.05, 3.63) is 64.7 Å². The number of benzene rings is 1. The Hall–Kier alpha value is -3.47. The summed E-state index contributed by atoms with van der Waals surface area (Å²) in [6.45, 7) is 3.09. The quantitative estimate of drug-likeness (QED) is 0.484. The number of fused-ring (bicyclic) bond motifs is 3. The van der Waals surface area contributed by atoms with E-state index in [1.54, 1.807) is 21.7 Å². The van der Waals surface area contributed by atoms with Crippen LogP contribution in [0.15, 0.2) is 36.5 Å². The van der Waals surface area contributed by atoms with E-state index in [2.05, 4.69) is 4.98 Å². The molecule has 0 atom stereocenters. The molecule has 0 saturated carbocycles. The lowest BCUT2D eigenvalue weighted by molar-refractivity contribution is -0.153. The average molecular weight is 507 g/mol. The molecule has 1 aromatic carbocycles. The minimum atomic E-state index is -4.65. The van der Waals surface area contributed by atoms with Gasteiger partial charge in [-0.2, -0.15) is 13.2 Å². The highest BCUT2D eigenvalue weighted by Gasteiger charge is 2.32. The van der Waals surface area contributed by atoms with Crippen LogP contribution < -0.4 is 0 Å². The number of carboxylic acid groups (broad SMARTS) is 1. The molecule has 3 heterocycles. The maximum Gasteiger partial charge on any atom is 0.416 e. The summed E-state index contributed by atoms with van der Waals surface area (Å²) in [4.78, 5) is 30.0. The molecule has 0 bridgehead atoms. The van der Waals surface area contributed by atoms with E-state index in [1.165, 1.54) is 13.8 Å². The Labute approximate surface area is 204 Å². The number of hydrogen-bond acceptors (Lipinski definition) is 4. The Morgan fingerprint density at radius 3 is 2.61 bits per heavy atom. The Morgan fingerprint density at radius 1 is 1.19 bits per heavy atom. The molecule has 3 aromatic rings. The zero-order chi connectivity index (χ0) is 26.3. The number of pyridine rings is 1. The summed E-state index contributed by atoms with van der Waals surface area (Å²) in [5, 5.41) is 10.0. The van der Waals surface area contributed by atoms with Crippen LogP contribution >= 0.6 is 0 Å². The number of carboxylic acids is 1. The van der Waals surface area contributed by atoms with Crippen LogP contribution in [0, 0.1) is 11.2 Å². The van der Waals surface area contributed by atoms with Crippen molar-refractivity contribution in [2.24, 2.45) is 5.41 Å². The predicted octanol–water partition coefficient (Wildman–Crippen LogP) is 4.25. The van der Waals surface area contributed by atoms with E-state index in [1.807, 2.05) is 6.07 Å². The molecule has 1 N–H and O–H groups in total. The fraction of sp³-hybridized carbons (Fsp3) is 0.400. The standard InChI is InChI=1S/C25H25F4N3O4/c1-24(2,23(34)35)14-36-13-21(33)31-9-7-17-18-4-3-8-30-22(18)32(20(17)12-31)11-15-5-6-16(10-19(15)26)25(27,28)29/h3-6,8,10H,7,9,11-14H2,1-2H3,(H,34,35). The molecular formula is C25H25F4N3O4. The SMILES string of the molecule is CC(C)(COCC(=O)N1CCc2c(n(Cc3ccc(C(F)(F)F)cc3F)c3ncccc23)C1)C(=O)O. The van der Waals surface area contributed by atoms with Crippen LogP contribution in [-0.4, -0.2) is 51.2 Å². The molecule has 11 heteroatoms. The summed E-state index contributed by atoms with van der Waals surface area (Å²) in [6, 6.07) is 6.07. The summed E-state index contributed by atoms with van der Waals surface area (Å²) in [7, 11) is 0. The van der Waals surface area contributed by atoms with Gasteiger partial charge in [0.1, 0.15) is 18.1 Å². The van der Waals surface area contributed by atoms with Crippen LogP contribution in [0.5, 0.6) is 0 Å². The van der Waals surface area contributed by atoms with E-state index >= 15 is 0 Å². The number of amides is 1. The van der Waals surface area contributed by atoms with Crippen molar-refractivity contribution in [1.82, 2.24) is 14.5 Å². The summed E-state index contributed by atoms with van der Waals surface area (Å²) < 4.78 is 60.6. The average Bonchev–Trinajstić information content (AvgIpc) is 3.12. The third-order valence-electron chi connectivity index (χ3n) is 6.34. The van der Waals surface area contributed by atoms with Gasteiger partial charge in [0.05, 0.1) is 30.7 Å². The largest absolute Gasteiger partial charge is 0.481 e. The van der Waals surface area contributed by atoms with E-state index in [-0.39, 0.29) is 37.8 Å². The molecule has 1 aliphatic heterocycles. The fourth-order valence-electron chi connectivity index (χ4n) is 4.21. The van der Waals surface area contributed by atoms with Gasteiger partial charge in [0.2, 0.25) is 5.91 Å². The third-order valence-corrected chi connectivity index (χ3v) is 6.34. The summed E-state index contributed by atoms with van der Waals surface area (Å²) in [6.07, 6.45) is -2.57. The molecule has 0 fully saturated rings. The minimum absolute atomic E-state index is 0.0574. The molecule has 36 heavy (non-hydrogen) atoms. The molecule has 7 nitrogen and oxygen atoms in total. The summed E-state index contributed by atoms with van der Waals surface area (Å²) in [5.74, 6) is -2.34. The van der Waals surface area contributed by atoms with Gasteiger partial charge in [-0.25, -0.2) is 9.37 Å². The lowest BCUT2D eigenvalue weighted by atomic mass is 9.95. The van der Waals surface area contributed by atoms with Crippen LogP contribution in [-0.2, 0) is 40.0 Å². The monoisotopic (exact) mass is 507 g/mol. The van der Waals surface area contributed by atoms with E-state index in [9.17, 15) is 32.3 Å². The van der Waals surface area contributed by atoms with Gasteiger partial charge in [0.25, 0.3) is 0 Å². The Bertz CT molecular complexity index is 1320. The molecule has 0 unspecified atom stereocenters. The fourth-order valence-corrected chi connectivity index (χ4v) is 4.21. The van der Waals surface area contributed by atoms with E-state index < -0.39 is 28.9 Å². The highest BCUT2D eigenvalue weighted by atomic mass is 19.4. The van der Waals surface area contributed by atoms with Crippen molar-refractivity contribution < 1.29 is 37.0 Å². The van der Waals surface area contributed by atoms with Crippen molar-refractivity contribution in [3.8, 4) is 0 Å². The number of alkyl halides is 3. The second kappa shape index (κ2) is 9.53. The van der Waals surface area contributed by atoms with E-state index in [4.69, 9.17) is 4.74 Å². The molecule has 1 aliphatic rings. The maximum absolute atomic E-state index is 14.6. The molecule has 4 rings (SSSR count). The number of halogens is 4. The third kappa shape index (κ3) is 5.06. The van der Waals surface area contributed by atoms with Crippen LogP contribution in [0.1, 0.15) is 36.2 Å². The van der Waals surface area contributed by atoms with Crippen LogP contribution in [0.25, 0.3) is 11.0 Å². The number of aromatic nitrogens is 2. The number of aliphatic carboxylic acids is 1. The van der Waals surface area contributed by atoms with E-state index in [0.717, 1.165) is 23.1 Å². The smallest absolute Gasteiger partial charge is 0.416 e. The van der Waals surface area contributed by atoms with Crippen LogP contribution in [0.4, 0.5) is 17.6 Å². The second-order valence-corrected chi connectivity index (χ2v) is 9.44. The highest BCUT2D eigenvalue weighted by Crippen LogP contribution is 2.33. The molecule has 0 aliphatic carbocycles. The molecule has 0 radical (unpaired) electrons. The maximum atomic E-state index is 14.6. The van der Waals surface area contributed by atoms with Crippen LogP contribution in [0.3, 0.4) is 0 Å². The Balaban J connectivity index is 1.58. The number of nitrogens with zero attached hydrogens (tertiary/aromatic N) is 3. The van der Waals surface area contributed by atoms with Crippen LogP contribution in [0.2, 0.25) is 0 Å². The molecule has 0 saturated heterocycles. The number of rotatable bonds is 7. The van der Waals surface area contributed by atoms with Gasteiger partial charge < -0.3 is 19.3 Å².